The first kappa shape index (κ1) is 10.6. The highest BCUT2D eigenvalue weighted by Gasteiger charge is 2.14. The molecule has 1 aromatic heterocycles. The van der Waals surface area contributed by atoms with E-state index in [1.807, 2.05) is 0 Å². The number of hydrogen-bond acceptors (Lipinski definition) is 3. The number of carbonyl (C=O) groups excluding carboxylic acids is 2. The molecule has 0 atom stereocenters. The highest BCUT2D eigenvalue weighted by molar-refractivity contribution is 6.26. The summed E-state index contributed by atoms with van der Waals surface area (Å²) in [4.78, 5) is 25.7. The van der Waals surface area contributed by atoms with Gasteiger partial charge in [0.1, 0.15) is 11.4 Å². The van der Waals surface area contributed by atoms with Crippen LogP contribution < -0.4 is 11.1 Å². The van der Waals surface area contributed by atoms with Crippen LogP contribution in [0.5, 0.6) is 0 Å². The number of primary amides is 2. The lowest BCUT2D eigenvalue weighted by molar-refractivity contribution is -0.481. The molecule has 0 spiro atoms. The first-order valence-corrected chi connectivity index (χ1v) is 4.36. The van der Waals surface area contributed by atoms with Crippen LogP contribution in [-0.2, 0) is 4.79 Å². The molecule has 6 heteroatoms. The predicted octanol–water partition coefficient (Wildman–Crippen LogP) is -0.859. The fraction of sp³-hybridized carbons (Fsp3) is 0.125. The molecule has 0 aliphatic heterocycles. The Bertz CT molecular complexity index is 367. The first-order chi connectivity index (χ1) is 6.65. The second-order valence-electron chi connectivity index (χ2n) is 2.57. The minimum Gasteiger partial charge on any atom is -0.365 e. The summed E-state index contributed by atoms with van der Waals surface area (Å²) in [6.45, 7) is 0. The van der Waals surface area contributed by atoms with E-state index in [-0.39, 0.29) is 17.4 Å². The molecule has 1 heterocycles. The second-order valence-corrected chi connectivity index (χ2v) is 2.84. The maximum absolute atomic E-state index is 11.0. The molecule has 0 aliphatic carbocycles. The number of nitrogens with two attached hydrogens (primary N) is 2. The van der Waals surface area contributed by atoms with E-state index in [2.05, 4.69) is 4.98 Å². The summed E-state index contributed by atoms with van der Waals surface area (Å²) in [5.41, 5.74) is 5.76. The van der Waals surface area contributed by atoms with Gasteiger partial charge in [-0.2, -0.15) is 0 Å². The van der Waals surface area contributed by atoms with Crippen molar-refractivity contribution in [2.75, 3.05) is 5.88 Å². The van der Waals surface area contributed by atoms with E-state index in [1.165, 1.54) is 23.8 Å². The number of quaternary nitrogens is 1. The SMILES string of the molecule is NC(=O)c1ccncc1[NH2+]C(=O)CCl. The number of nitrogens with zero attached hydrogens (tertiary/aromatic N) is 1. The highest BCUT2D eigenvalue weighted by Crippen LogP contribution is 2.05. The Morgan fingerprint density at radius 1 is 1.57 bits per heavy atom. The first-order valence-electron chi connectivity index (χ1n) is 3.82. The van der Waals surface area contributed by atoms with Gasteiger partial charge in [-0.25, -0.2) is 10.1 Å². The van der Waals surface area contributed by atoms with Crippen molar-refractivity contribution in [1.29, 1.82) is 0 Å². The predicted molar refractivity (Wildman–Crippen MR) is 50.1 cm³/mol. The van der Waals surface area contributed by atoms with Crippen LogP contribution in [0.15, 0.2) is 18.5 Å². The highest BCUT2D eigenvalue weighted by atomic mass is 35.5. The second kappa shape index (κ2) is 4.69. The monoisotopic (exact) mass is 214 g/mol. The van der Waals surface area contributed by atoms with Crippen molar-refractivity contribution in [2.24, 2.45) is 5.73 Å². The number of alkyl halides is 1. The molecule has 0 bridgehead atoms. The fourth-order valence-electron chi connectivity index (χ4n) is 0.958. The van der Waals surface area contributed by atoms with Crippen LogP contribution in [0.2, 0.25) is 0 Å². The van der Waals surface area contributed by atoms with Crippen LogP contribution >= 0.6 is 11.6 Å². The van der Waals surface area contributed by atoms with Crippen molar-refractivity contribution < 1.29 is 14.9 Å². The summed E-state index contributed by atoms with van der Waals surface area (Å²) in [6, 6.07) is 1.45. The molecule has 74 valence electrons. The quantitative estimate of drug-likeness (QED) is 0.642. The lowest BCUT2D eigenvalue weighted by atomic mass is 10.2. The average molecular weight is 215 g/mol. The van der Waals surface area contributed by atoms with E-state index in [0.29, 0.717) is 5.69 Å². The van der Waals surface area contributed by atoms with Gasteiger partial charge in [-0.1, -0.05) is 0 Å². The number of pyridine rings is 1. The van der Waals surface area contributed by atoms with Crippen LogP contribution in [0.3, 0.4) is 0 Å². The van der Waals surface area contributed by atoms with Gasteiger partial charge in [-0.05, 0) is 6.07 Å². The molecule has 0 saturated carbocycles. The summed E-state index contributed by atoms with van der Waals surface area (Å²) in [5, 5.41) is 1.25. The molecule has 0 unspecified atom stereocenters. The maximum atomic E-state index is 11.0. The van der Waals surface area contributed by atoms with E-state index < -0.39 is 5.91 Å². The Morgan fingerprint density at radius 2 is 2.29 bits per heavy atom. The molecule has 0 saturated heterocycles. The number of hydrogen-bond donors (Lipinski definition) is 2. The zero-order chi connectivity index (χ0) is 10.6. The van der Waals surface area contributed by atoms with E-state index in [9.17, 15) is 9.59 Å². The number of amides is 2. The Balaban J connectivity index is 2.95. The molecule has 14 heavy (non-hydrogen) atoms. The van der Waals surface area contributed by atoms with Gasteiger partial charge in [0, 0.05) is 6.20 Å². The van der Waals surface area contributed by atoms with E-state index in [4.69, 9.17) is 17.3 Å². The Hall–Kier alpha value is -1.46. The van der Waals surface area contributed by atoms with Crippen molar-refractivity contribution in [1.82, 2.24) is 4.98 Å². The van der Waals surface area contributed by atoms with Gasteiger partial charge in [-0.15, -0.1) is 11.6 Å². The molecular weight excluding hydrogens is 206 g/mol. The third kappa shape index (κ3) is 2.51. The molecule has 5 nitrogen and oxygen atoms in total. The molecular formula is C8H9ClN3O2+. The van der Waals surface area contributed by atoms with Gasteiger partial charge < -0.3 is 5.73 Å². The third-order valence-electron chi connectivity index (χ3n) is 1.57. The lowest BCUT2D eigenvalue weighted by Gasteiger charge is -2.00. The molecule has 0 fully saturated rings. The zero-order valence-corrected chi connectivity index (χ0v) is 7.99. The fourth-order valence-corrected chi connectivity index (χ4v) is 1.04. The van der Waals surface area contributed by atoms with Gasteiger partial charge in [0.2, 0.25) is 0 Å². The minimum atomic E-state index is -0.596. The number of rotatable bonds is 3. The van der Waals surface area contributed by atoms with Gasteiger partial charge >= 0.3 is 5.91 Å². The van der Waals surface area contributed by atoms with Crippen molar-refractivity contribution in [2.45, 2.75) is 0 Å². The van der Waals surface area contributed by atoms with E-state index in [1.54, 1.807) is 0 Å². The molecule has 1 rings (SSSR count). The topological polar surface area (TPSA) is 89.7 Å². The van der Waals surface area contributed by atoms with Crippen LogP contribution in [0.25, 0.3) is 0 Å². The van der Waals surface area contributed by atoms with Gasteiger partial charge in [0.05, 0.1) is 6.20 Å². The van der Waals surface area contributed by atoms with Crippen LogP contribution in [0.4, 0.5) is 5.69 Å². The zero-order valence-electron chi connectivity index (χ0n) is 7.24. The lowest BCUT2D eigenvalue weighted by Crippen LogP contribution is -2.83. The molecule has 1 aromatic rings. The normalized spacial score (nSPS) is 9.79. The van der Waals surface area contributed by atoms with Crippen molar-refractivity contribution >= 4 is 29.1 Å². The molecule has 4 N–H and O–H groups in total. The van der Waals surface area contributed by atoms with Crippen LogP contribution in [0.1, 0.15) is 10.4 Å². The summed E-state index contributed by atoms with van der Waals surface area (Å²) in [5.74, 6) is -1.02. The van der Waals surface area contributed by atoms with E-state index in [0.717, 1.165) is 0 Å². The number of halogens is 1. The van der Waals surface area contributed by atoms with Gasteiger partial charge in [-0.3, -0.25) is 9.78 Å². The van der Waals surface area contributed by atoms with Gasteiger partial charge in [0.25, 0.3) is 5.91 Å². The summed E-state index contributed by atoms with van der Waals surface area (Å²) in [6.07, 6.45) is 2.83. The minimum absolute atomic E-state index is 0.132. The Labute approximate surface area is 85.3 Å². The summed E-state index contributed by atoms with van der Waals surface area (Å²) >= 11 is 5.32. The maximum Gasteiger partial charge on any atom is 0.330 e. The van der Waals surface area contributed by atoms with Crippen LogP contribution in [-0.4, -0.2) is 22.7 Å². The Kier molecular flexibility index (Phi) is 3.55. The summed E-state index contributed by atoms with van der Waals surface area (Å²) < 4.78 is 0. The third-order valence-corrected chi connectivity index (χ3v) is 1.83. The molecule has 0 aromatic carbocycles. The smallest absolute Gasteiger partial charge is 0.330 e. The number of aromatic nitrogens is 1. The van der Waals surface area contributed by atoms with Gasteiger partial charge in [0.15, 0.2) is 5.69 Å². The van der Waals surface area contributed by atoms with E-state index >= 15 is 0 Å². The standard InChI is InChI=1S/C8H8ClN3O2/c9-3-7(13)12-6-4-11-2-1-5(6)8(10)14/h1-2,4H,3H2,(H2,10,14)(H,12,13)/p+1. The largest absolute Gasteiger partial charge is 0.365 e. The Morgan fingerprint density at radius 3 is 2.86 bits per heavy atom. The molecule has 0 aliphatic rings. The molecule has 2 amide bonds. The van der Waals surface area contributed by atoms with Crippen LogP contribution in [0, 0.1) is 0 Å². The van der Waals surface area contributed by atoms with Crippen molar-refractivity contribution in [3.63, 3.8) is 0 Å². The van der Waals surface area contributed by atoms with Crippen molar-refractivity contribution in [3.8, 4) is 0 Å². The average Bonchev–Trinajstić information content (AvgIpc) is 2.18. The summed E-state index contributed by atoms with van der Waals surface area (Å²) in [7, 11) is 0. The molecule has 0 radical (unpaired) electrons. The number of carbonyl (C=O) groups is 2. The van der Waals surface area contributed by atoms with Crippen molar-refractivity contribution in [3.05, 3.63) is 24.0 Å².